The van der Waals surface area contributed by atoms with Gasteiger partial charge in [0.15, 0.2) is 5.11 Å². The molecular weight excluding hydrogens is 454 g/mol. The smallest absolute Gasteiger partial charge is 0.305 e. The number of thiocarbonyl (C=S) groups is 1. The van der Waals surface area contributed by atoms with Crippen LogP contribution in [0.2, 0.25) is 0 Å². The number of ether oxygens (including phenoxy) is 2. The van der Waals surface area contributed by atoms with E-state index in [2.05, 4.69) is 25.9 Å². The van der Waals surface area contributed by atoms with Crippen LogP contribution in [0.3, 0.4) is 0 Å². The zero-order valence-electron chi connectivity index (χ0n) is 19.2. The number of nitrogens with zero attached hydrogens (tertiary/aromatic N) is 2. The van der Waals surface area contributed by atoms with E-state index >= 15 is 0 Å². The normalized spacial score (nSPS) is 11.3. The second kappa shape index (κ2) is 11.8. The highest BCUT2D eigenvalue weighted by Gasteiger charge is 2.18. The number of aryl methyl sites for hydroxylation is 1. The second-order valence-corrected chi connectivity index (χ2v) is 7.73. The van der Waals surface area contributed by atoms with Crippen molar-refractivity contribution in [3.05, 3.63) is 65.9 Å². The number of rotatable bonds is 10. The molecule has 2 aromatic carbocycles. The van der Waals surface area contributed by atoms with Crippen molar-refractivity contribution in [3.63, 3.8) is 0 Å². The number of aromatic nitrogens is 2. The van der Waals surface area contributed by atoms with Crippen LogP contribution in [0.4, 0.5) is 17.5 Å². The number of anilines is 3. The van der Waals surface area contributed by atoms with E-state index in [0.717, 1.165) is 22.7 Å². The van der Waals surface area contributed by atoms with Crippen LogP contribution >= 0.6 is 12.2 Å². The molecule has 34 heavy (non-hydrogen) atoms. The van der Waals surface area contributed by atoms with Gasteiger partial charge in [-0.3, -0.25) is 4.79 Å². The molecule has 3 aromatic rings. The molecule has 0 saturated carbocycles. The number of carboxylic acids is 1. The van der Waals surface area contributed by atoms with Gasteiger partial charge in [0.1, 0.15) is 17.3 Å². The Hall–Kier alpha value is -3.92. The molecule has 0 aliphatic heterocycles. The molecule has 4 N–H and O–H groups in total. The van der Waals surface area contributed by atoms with Crippen molar-refractivity contribution >= 4 is 40.8 Å². The van der Waals surface area contributed by atoms with Gasteiger partial charge in [0.25, 0.3) is 0 Å². The number of carbonyl (C=O) groups is 1. The molecule has 0 bridgehead atoms. The molecular formula is C24H27N5O4S. The van der Waals surface area contributed by atoms with Crippen LogP contribution in [0.5, 0.6) is 11.5 Å². The maximum atomic E-state index is 11.4. The van der Waals surface area contributed by atoms with E-state index in [1.165, 1.54) is 0 Å². The third-order valence-electron chi connectivity index (χ3n) is 4.70. The SMILES string of the molecule is CCOc1ccc(Nc2cc(C)nc(NC(=S)NC(CC(=O)O)c3cccc(OC)c3)n2)cc1. The number of methoxy groups -OCH3 is 1. The molecule has 0 amide bonds. The summed E-state index contributed by atoms with van der Waals surface area (Å²) in [7, 11) is 1.55. The van der Waals surface area contributed by atoms with Crippen LogP contribution in [0.15, 0.2) is 54.6 Å². The van der Waals surface area contributed by atoms with Crippen molar-refractivity contribution in [2.24, 2.45) is 0 Å². The fourth-order valence-electron chi connectivity index (χ4n) is 3.22. The molecule has 1 atom stereocenters. The average Bonchev–Trinajstić information content (AvgIpc) is 2.79. The Morgan fingerprint density at radius 1 is 1.12 bits per heavy atom. The summed E-state index contributed by atoms with van der Waals surface area (Å²) in [6, 6.07) is 15.9. The number of hydrogen-bond acceptors (Lipinski definition) is 7. The third-order valence-corrected chi connectivity index (χ3v) is 4.92. The van der Waals surface area contributed by atoms with Crippen LogP contribution < -0.4 is 25.4 Å². The fraction of sp³-hybridized carbons (Fsp3) is 0.250. The minimum atomic E-state index is -0.961. The maximum Gasteiger partial charge on any atom is 0.305 e. The summed E-state index contributed by atoms with van der Waals surface area (Å²) in [6.07, 6.45) is -0.172. The first kappa shape index (κ1) is 24.7. The van der Waals surface area contributed by atoms with Gasteiger partial charge in [-0.1, -0.05) is 12.1 Å². The van der Waals surface area contributed by atoms with E-state index in [-0.39, 0.29) is 17.5 Å². The van der Waals surface area contributed by atoms with Crippen LogP contribution in [0, 0.1) is 6.92 Å². The molecule has 1 heterocycles. The molecule has 0 spiro atoms. The molecule has 0 aliphatic carbocycles. The minimum absolute atomic E-state index is 0.172. The van der Waals surface area contributed by atoms with Crippen LogP contribution in [0.1, 0.15) is 30.6 Å². The van der Waals surface area contributed by atoms with E-state index in [1.54, 1.807) is 25.3 Å². The summed E-state index contributed by atoms with van der Waals surface area (Å²) in [5, 5.41) is 18.8. The maximum absolute atomic E-state index is 11.4. The standard InChI is InChI=1S/C24H27N5O4S/c1-4-33-18-10-8-17(9-11-18)26-21-12-15(2)25-23(28-21)29-24(34)27-20(14-22(30)31)16-6-5-7-19(13-16)32-3/h5-13,20H,4,14H2,1-3H3,(H,30,31)(H3,25,26,27,28,29,34). The molecule has 178 valence electrons. The minimum Gasteiger partial charge on any atom is -0.497 e. The first-order valence-corrected chi connectivity index (χ1v) is 11.1. The van der Waals surface area contributed by atoms with E-state index in [1.807, 2.05) is 50.2 Å². The van der Waals surface area contributed by atoms with Gasteiger partial charge in [-0.25, -0.2) is 4.98 Å². The summed E-state index contributed by atoms with van der Waals surface area (Å²) in [6.45, 7) is 4.38. The van der Waals surface area contributed by atoms with Crippen molar-refractivity contribution < 1.29 is 19.4 Å². The summed E-state index contributed by atoms with van der Waals surface area (Å²) >= 11 is 5.42. The first-order chi connectivity index (χ1) is 16.4. The van der Waals surface area contributed by atoms with Gasteiger partial charge in [-0.2, -0.15) is 4.98 Å². The molecule has 1 aromatic heterocycles. The molecule has 0 radical (unpaired) electrons. The Bertz CT molecular complexity index is 1140. The highest BCUT2D eigenvalue weighted by atomic mass is 32.1. The van der Waals surface area contributed by atoms with Crippen LogP contribution in [-0.4, -0.2) is 39.9 Å². The molecule has 10 heteroatoms. The number of carboxylic acid groups (broad SMARTS) is 1. The predicted octanol–water partition coefficient (Wildman–Crippen LogP) is 4.44. The van der Waals surface area contributed by atoms with Crippen molar-refractivity contribution in [2.75, 3.05) is 24.4 Å². The highest BCUT2D eigenvalue weighted by molar-refractivity contribution is 7.80. The van der Waals surface area contributed by atoms with Crippen molar-refractivity contribution in [2.45, 2.75) is 26.3 Å². The quantitative estimate of drug-likeness (QED) is 0.310. The summed E-state index contributed by atoms with van der Waals surface area (Å²) in [4.78, 5) is 20.3. The number of benzene rings is 2. The second-order valence-electron chi connectivity index (χ2n) is 7.33. The molecule has 9 nitrogen and oxygen atoms in total. The molecule has 3 rings (SSSR count). The lowest BCUT2D eigenvalue weighted by molar-refractivity contribution is -0.137. The van der Waals surface area contributed by atoms with E-state index in [0.29, 0.717) is 18.2 Å². The van der Waals surface area contributed by atoms with Gasteiger partial charge < -0.3 is 30.5 Å². The zero-order chi connectivity index (χ0) is 24.5. The van der Waals surface area contributed by atoms with Crippen molar-refractivity contribution in [1.29, 1.82) is 0 Å². The monoisotopic (exact) mass is 481 g/mol. The summed E-state index contributed by atoms with van der Waals surface area (Å²) in [5.41, 5.74) is 2.30. The van der Waals surface area contributed by atoms with Crippen molar-refractivity contribution in [3.8, 4) is 11.5 Å². The number of hydrogen-bond donors (Lipinski definition) is 4. The van der Waals surface area contributed by atoms with E-state index < -0.39 is 12.0 Å². The highest BCUT2D eigenvalue weighted by Crippen LogP contribution is 2.23. The van der Waals surface area contributed by atoms with Gasteiger partial charge in [0.05, 0.1) is 26.2 Å². The van der Waals surface area contributed by atoms with Gasteiger partial charge in [0, 0.05) is 17.4 Å². The van der Waals surface area contributed by atoms with Gasteiger partial charge in [-0.15, -0.1) is 0 Å². The van der Waals surface area contributed by atoms with Gasteiger partial charge in [-0.05, 0) is 68.0 Å². The topological polar surface area (TPSA) is 118 Å². The summed E-state index contributed by atoms with van der Waals surface area (Å²) in [5.74, 6) is 1.32. The Morgan fingerprint density at radius 2 is 1.88 bits per heavy atom. The molecule has 0 aliphatic rings. The Balaban J connectivity index is 1.71. The molecule has 1 unspecified atom stereocenters. The van der Waals surface area contributed by atoms with E-state index in [4.69, 9.17) is 21.7 Å². The fourth-order valence-corrected chi connectivity index (χ4v) is 3.45. The van der Waals surface area contributed by atoms with Crippen LogP contribution in [0.25, 0.3) is 0 Å². The first-order valence-electron chi connectivity index (χ1n) is 10.6. The lowest BCUT2D eigenvalue weighted by atomic mass is 10.0. The van der Waals surface area contributed by atoms with Gasteiger partial charge >= 0.3 is 5.97 Å². The molecule has 0 saturated heterocycles. The van der Waals surface area contributed by atoms with Crippen LogP contribution in [-0.2, 0) is 4.79 Å². The van der Waals surface area contributed by atoms with Gasteiger partial charge in [0.2, 0.25) is 5.95 Å². The largest absolute Gasteiger partial charge is 0.497 e. The predicted molar refractivity (Wildman–Crippen MR) is 135 cm³/mol. The number of aliphatic carboxylic acids is 1. The lowest BCUT2D eigenvalue weighted by Crippen LogP contribution is -2.34. The summed E-state index contributed by atoms with van der Waals surface area (Å²) < 4.78 is 10.7. The van der Waals surface area contributed by atoms with E-state index in [9.17, 15) is 9.90 Å². The Kier molecular flexibility index (Phi) is 8.58. The Labute approximate surface area is 203 Å². The average molecular weight is 482 g/mol. The lowest BCUT2D eigenvalue weighted by Gasteiger charge is -2.20. The van der Waals surface area contributed by atoms with Crippen molar-refractivity contribution in [1.82, 2.24) is 15.3 Å². The zero-order valence-corrected chi connectivity index (χ0v) is 20.0. The number of nitrogens with one attached hydrogen (secondary N) is 3. The third kappa shape index (κ3) is 7.31. The Morgan fingerprint density at radius 3 is 2.56 bits per heavy atom. The molecule has 0 fully saturated rings.